The number of hydrogen-bond donors (Lipinski definition) is 1. The summed E-state index contributed by atoms with van der Waals surface area (Å²) in [6.07, 6.45) is 0. The number of ether oxygens (including phenoxy) is 1. The van der Waals surface area contributed by atoms with Gasteiger partial charge in [0.15, 0.2) is 0 Å². The molecule has 0 aliphatic carbocycles. The van der Waals surface area contributed by atoms with E-state index in [1.807, 2.05) is 0 Å². The molecule has 1 aliphatic rings. The number of fused-ring (bicyclic) bond motifs is 1. The van der Waals surface area contributed by atoms with Crippen molar-refractivity contribution < 1.29 is 19.1 Å². The van der Waals surface area contributed by atoms with Gasteiger partial charge >= 0.3 is 5.97 Å². The molecule has 1 atom stereocenters. The van der Waals surface area contributed by atoms with Crippen LogP contribution in [0.1, 0.15) is 28.8 Å². The van der Waals surface area contributed by atoms with E-state index < -0.39 is 11.9 Å². The second kappa shape index (κ2) is 4.01. The van der Waals surface area contributed by atoms with Crippen LogP contribution < -0.4 is 5.32 Å². The predicted molar refractivity (Wildman–Crippen MR) is 59.8 cm³/mol. The molecule has 17 heavy (non-hydrogen) atoms. The number of rotatable bonds is 2. The Morgan fingerprint density at radius 3 is 2.65 bits per heavy atom. The summed E-state index contributed by atoms with van der Waals surface area (Å²) in [5.74, 6) is -1.81. The van der Waals surface area contributed by atoms with Crippen molar-refractivity contribution in [2.75, 3.05) is 12.4 Å². The Morgan fingerprint density at radius 2 is 2.06 bits per heavy atom. The van der Waals surface area contributed by atoms with E-state index in [-0.39, 0.29) is 11.7 Å². The van der Waals surface area contributed by atoms with Crippen LogP contribution in [0.3, 0.4) is 0 Å². The van der Waals surface area contributed by atoms with E-state index in [0.29, 0.717) is 16.8 Å². The van der Waals surface area contributed by atoms with Gasteiger partial charge in [0, 0.05) is 5.69 Å². The number of esters is 1. The molecule has 1 aromatic carbocycles. The van der Waals surface area contributed by atoms with Crippen LogP contribution in [0, 0.1) is 0 Å². The normalized spacial score (nSPS) is 17.3. The second-order valence-electron chi connectivity index (χ2n) is 3.83. The number of methoxy groups -OCH3 is 1. The van der Waals surface area contributed by atoms with Gasteiger partial charge in [0.05, 0.1) is 12.7 Å². The van der Waals surface area contributed by atoms with E-state index in [2.05, 4.69) is 10.1 Å². The molecule has 1 heterocycles. The van der Waals surface area contributed by atoms with Crippen molar-refractivity contribution in [3.05, 3.63) is 29.3 Å². The maximum absolute atomic E-state index is 11.6. The van der Waals surface area contributed by atoms with Crippen LogP contribution in [0.5, 0.6) is 0 Å². The van der Waals surface area contributed by atoms with E-state index in [9.17, 15) is 14.4 Å². The molecule has 0 bridgehead atoms. The largest absolute Gasteiger partial charge is 0.465 e. The Labute approximate surface area is 97.8 Å². The van der Waals surface area contributed by atoms with Crippen LogP contribution in [0.2, 0.25) is 0 Å². The summed E-state index contributed by atoms with van der Waals surface area (Å²) in [6.45, 7) is 1.37. The Hall–Kier alpha value is -2.17. The average molecular weight is 233 g/mol. The van der Waals surface area contributed by atoms with Gasteiger partial charge in [-0.25, -0.2) is 4.79 Å². The van der Waals surface area contributed by atoms with E-state index in [0.717, 1.165) is 0 Å². The maximum Gasteiger partial charge on any atom is 0.337 e. The zero-order valence-corrected chi connectivity index (χ0v) is 9.44. The molecule has 1 aliphatic heterocycles. The van der Waals surface area contributed by atoms with Crippen molar-refractivity contribution in [2.45, 2.75) is 12.8 Å². The van der Waals surface area contributed by atoms with Crippen LogP contribution in [0.25, 0.3) is 0 Å². The lowest BCUT2D eigenvalue weighted by Crippen LogP contribution is -2.18. The highest BCUT2D eigenvalue weighted by Gasteiger charge is 2.34. The number of Topliss-reactive ketones (excluding diaryl/α,β-unsaturated/α-hetero) is 1. The van der Waals surface area contributed by atoms with Crippen molar-refractivity contribution in [3.63, 3.8) is 0 Å². The van der Waals surface area contributed by atoms with E-state index in [1.165, 1.54) is 20.1 Å². The number of carbonyl (C=O) groups excluding carboxylic acids is 3. The van der Waals surface area contributed by atoms with Crippen molar-refractivity contribution in [2.24, 2.45) is 0 Å². The first-order valence-electron chi connectivity index (χ1n) is 5.08. The third-order valence-corrected chi connectivity index (χ3v) is 2.71. The Morgan fingerprint density at radius 1 is 1.35 bits per heavy atom. The zero-order chi connectivity index (χ0) is 12.6. The lowest BCUT2D eigenvalue weighted by Gasteiger charge is -2.04. The topological polar surface area (TPSA) is 72.5 Å². The first-order valence-corrected chi connectivity index (χ1v) is 5.08. The molecule has 0 spiro atoms. The van der Waals surface area contributed by atoms with Crippen molar-refractivity contribution >= 4 is 23.3 Å². The molecule has 1 unspecified atom stereocenters. The van der Waals surface area contributed by atoms with Crippen molar-refractivity contribution in [1.29, 1.82) is 0 Å². The summed E-state index contributed by atoms with van der Waals surface area (Å²) in [5.41, 5.74) is 1.45. The smallest absolute Gasteiger partial charge is 0.337 e. The third-order valence-electron chi connectivity index (χ3n) is 2.71. The van der Waals surface area contributed by atoms with Crippen LogP contribution >= 0.6 is 0 Å². The summed E-state index contributed by atoms with van der Waals surface area (Å²) in [5, 5.41) is 2.58. The van der Waals surface area contributed by atoms with Crippen LogP contribution in [-0.2, 0) is 14.3 Å². The van der Waals surface area contributed by atoms with Gasteiger partial charge in [-0.1, -0.05) is 6.07 Å². The molecule has 0 saturated heterocycles. The molecule has 1 N–H and O–H groups in total. The summed E-state index contributed by atoms with van der Waals surface area (Å²) >= 11 is 0. The number of amides is 1. The van der Waals surface area contributed by atoms with Crippen LogP contribution in [0.15, 0.2) is 18.2 Å². The number of hydrogen-bond acceptors (Lipinski definition) is 4. The van der Waals surface area contributed by atoms with E-state index in [1.54, 1.807) is 12.1 Å². The van der Waals surface area contributed by atoms with Gasteiger partial charge < -0.3 is 10.1 Å². The second-order valence-corrected chi connectivity index (χ2v) is 3.83. The van der Waals surface area contributed by atoms with Crippen LogP contribution in [-0.4, -0.2) is 24.8 Å². The van der Waals surface area contributed by atoms with Gasteiger partial charge in [-0.15, -0.1) is 0 Å². The fourth-order valence-electron chi connectivity index (χ4n) is 1.91. The molecular formula is C12H11NO4. The fourth-order valence-corrected chi connectivity index (χ4v) is 1.91. The lowest BCUT2D eigenvalue weighted by atomic mass is 9.96. The predicted octanol–water partition coefficient (Wildman–Crippen LogP) is 1.10. The number of nitrogens with one attached hydrogen (secondary N) is 1. The zero-order valence-electron chi connectivity index (χ0n) is 9.44. The maximum atomic E-state index is 11.6. The van der Waals surface area contributed by atoms with E-state index >= 15 is 0 Å². The molecule has 0 fully saturated rings. The van der Waals surface area contributed by atoms with Gasteiger partial charge in [0.25, 0.3) is 0 Å². The minimum absolute atomic E-state index is 0.216. The highest BCUT2D eigenvalue weighted by atomic mass is 16.5. The monoisotopic (exact) mass is 233 g/mol. The molecule has 1 amide bonds. The Bertz CT molecular complexity index is 521. The third kappa shape index (κ3) is 1.80. The Kier molecular flexibility index (Phi) is 2.67. The molecule has 88 valence electrons. The number of ketones is 1. The fraction of sp³-hybridized carbons (Fsp3) is 0.250. The molecule has 0 aromatic heterocycles. The highest BCUT2D eigenvalue weighted by molar-refractivity contribution is 6.16. The minimum atomic E-state index is -0.767. The number of benzene rings is 1. The molecule has 5 heteroatoms. The Balaban J connectivity index is 2.44. The quantitative estimate of drug-likeness (QED) is 0.613. The van der Waals surface area contributed by atoms with Crippen molar-refractivity contribution in [3.8, 4) is 0 Å². The van der Waals surface area contributed by atoms with E-state index in [4.69, 9.17) is 0 Å². The summed E-state index contributed by atoms with van der Waals surface area (Å²) in [6, 6.07) is 4.66. The van der Waals surface area contributed by atoms with Gasteiger partial charge in [0.1, 0.15) is 11.7 Å². The summed E-state index contributed by atoms with van der Waals surface area (Å²) in [7, 11) is 1.28. The highest BCUT2D eigenvalue weighted by Crippen LogP contribution is 2.33. The molecule has 1 aromatic rings. The number of carbonyl (C=O) groups is 3. The van der Waals surface area contributed by atoms with Crippen LogP contribution in [0.4, 0.5) is 5.69 Å². The molecule has 0 saturated carbocycles. The van der Waals surface area contributed by atoms with Gasteiger partial charge in [-0.05, 0) is 24.6 Å². The molecule has 5 nitrogen and oxygen atoms in total. The summed E-state index contributed by atoms with van der Waals surface area (Å²) < 4.78 is 4.58. The number of anilines is 1. The first kappa shape index (κ1) is 11.3. The van der Waals surface area contributed by atoms with Gasteiger partial charge in [-0.2, -0.15) is 0 Å². The lowest BCUT2D eigenvalue weighted by molar-refractivity contribution is -0.125. The van der Waals surface area contributed by atoms with Gasteiger partial charge in [0.2, 0.25) is 5.91 Å². The first-order chi connectivity index (χ1) is 8.04. The van der Waals surface area contributed by atoms with Crippen molar-refractivity contribution in [1.82, 2.24) is 0 Å². The molecule has 2 rings (SSSR count). The average Bonchev–Trinajstić information content (AvgIpc) is 2.62. The summed E-state index contributed by atoms with van der Waals surface area (Å²) in [4.78, 5) is 34.2. The minimum Gasteiger partial charge on any atom is -0.465 e. The molecular weight excluding hydrogens is 222 g/mol. The SMILES string of the molecule is COC(=O)c1ccc2c(c1)NC(=O)C2C(C)=O. The molecule has 0 radical (unpaired) electrons. The van der Waals surface area contributed by atoms with Gasteiger partial charge in [-0.3, -0.25) is 9.59 Å². The standard InChI is InChI=1S/C12H11NO4/c1-6(14)10-8-4-3-7(12(16)17-2)5-9(8)13-11(10)15/h3-5,10H,1-2H3,(H,13,15).